The molecule has 23 heavy (non-hydrogen) atoms. The lowest BCUT2D eigenvalue weighted by atomic mass is 10.2. The standard InChI is InChI=1S/C18H31N3O2/c1-15(2)14-22-12-7-10-20-18(19-4)21-11-13-23-17-9-6-5-8-16(17)3/h5-6,8-9,15H,7,10-14H2,1-4H3,(H2,19,20,21). The number of aliphatic imine (C=N–C) groups is 1. The van der Waals surface area contributed by atoms with Gasteiger partial charge in [-0.1, -0.05) is 32.0 Å². The van der Waals surface area contributed by atoms with Crippen molar-refractivity contribution in [3.63, 3.8) is 0 Å². The summed E-state index contributed by atoms with van der Waals surface area (Å²) in [6.07, 6.45) is 0.965. The SMILES string of the molecule is CN=C(NCCCOCC(C)C)NCCOc1ccccc1C. The first-order valence-electron chi connectivity index (χ1n) is 8.34. The van der Waals surface area contributed by atoms with Crippen molar-refractivity contribution in [1.29, 1.82) is 0 Å². The summed E-state index contributed by atoms with van der Waals surface area (Å²) in [5, 5.41) is 6.51. The van der Waals surface area contributed by atoms with Crippen molar-refractivity contribution in [1.82, 2.24) is 10.6 Å². The van der Waals surface area contributed by atoms with Crippen LogP contribution in [0.5, 0.6) is 5.75 Å². The molecule has 0 fully saturated rings. The summed E-state index contributed by atoms with van der Waals surface area (Å²) in [4.78, 5) is 4.19. The predicted molar refractivity (Wildman–Crippen MR) is 96.3 cm³/mol. The van der Waals surface area contributed by atoms with Gasteiger partial charge in [0.05, 0.1) is 6.54 Å². The number of ether oxygens (including phenoxy) is 2. The molecule has 0 bridgehead atoms. The molecule has 2 N–H and O–H groups in total. The van der Waals surface area contributed by atoms with Gasteiger partial charge < -0.3 is 20.1 Å². The Hall–Kier alpha value is -1.75. The summed E-state index contributed by atoms with van der Waals surface area (Å²) in [6.45, 7) is 10.1. The van der Waals surface area contributed by atoms with Gasteiger partial charge in [-0.05, 0) is 30.9 Å². The fourth-order valence-corrected chi connectivity index (χ4v) is 1.97. The van der Waals surface area contributed by atoms with E-state index < -0.39 is 0 Å². The zero-order valence-electron chi connectivity index (χ0n) is 14.9. The van der Waals surface area contributed by atoms with Crippen LogP contribution in [0.3, 0.4) is 0 Å². The van der Waals surface area contributed by atoms with E-state index >= 15 is 0 Å². The second-order valence-electron chi connectivity index (χ2n) is 5.86. The Kier molecular flexibility index (Phi) is 9.87. The van der Waals surface area contributed by atoms with E-state index in [-0.39, 0.29) is 0 Å². The van der Waals surface area contributed by atoms with Crippen molar-refractivity contribution in [2.45, 2.75) is 27.2 Å². The summed E-state index contributed by atoms with van der Waals surface area (Å²) in [5.74, 6) is 2.31. The number of rotatable bonds is 10. The van der Waals surface area contributed by atoms with E-state index in [1.165, 1.54) is 0 Å². The van der Waals surface area contributed by atoms with Crippen molar-refractivity contribution in [2.75, 3.05) is 40.0 Å². The molecular formula is C18H31N3O2. The Balaban J connectivity index is 2.09. The molecule has 0 aliphatic heterocycles. The Morgan fingerprint density at radius 2 is 1.87 bits per heavy atom. The van der Waals surface area contributed by atoms with Gasteiger partial charge in [-0.3, -0.25) is 4.99 Å². The highest BCUT2D eigenvalue weighted by molar-refractivity contribution is 5.79. The smallest absolute Gasteiger partial charge is 0.191 e. The van der Waals surface area contributed by atoms with Gasteiger partial charge in [0, 0.05) is 26.8 Å². The lowest BCUT2D eigenvalue weighted by molar-refractivity contribution is 0.108. The topological polar surface area (TPSA) is 54.9 Å². The van der Waals surface area contributed by atoms with Gasteiger partial charge in [-0.25, -0.2) is 0 Å². The summed E-state index contributed by atoms with van der Waals surface area (Å²) in [7, 11) is 1.77. The Labute approximate surface area is 140 Å². The number of benzene rings is 1. The minimum Gasteiger partial charge on any atom is -0.491 e. The molecule has 0 spiro atoms. The molecule has 0 saturated carbocycles. The molecule has 0 heterocycles. The van der Waals surface area contributed by atoms with Crippen LogP contribution in [0.2, 0.25) is 0 Å². The molecule has 5 nitrogen and oxygen atoms in total. The van der Waals surface area contributed by atoms with Crippen LogP contribution in [0.4, 0.5) is 0 Å². The quantitative estimate of drug-likeness (QED) is 0.395. The predicted octanol–water partition coefficient (Wildman–Crippen LogP) is 2.60. The van der Waals surface area contributed by atoms with Gasteiger partial charge in [-0.15, -0.1) is 0 Å². The number of hydrogen-bond donors (Lipinski definition) is 2. The molecule has 1 aromatic carbocycles. The van der Waals surface area contributed by atoms with E-state index in [4.69, 9.17) is 9.47 Å². The van der Waals surface area contributed by atoms with Gasteiger partial charge >= 0.3 is 0 Å². The third-order valence-corrected chi connectivity index (χ3v) is 3.18. The monoisotopic (exact) mass is 321 g/mol. The van der Waals surface area contributed by atoms with Crippen LogP contribution in [-0.2, 0) is 4.74 Å². The molecule has 0 amide bonds. The molecule has 1 aromatic rings. The van der Waals surface area contributed by atoms with Crippen LogP contribution in [0, 0.1) is 12.8 Å². The number of para-hydroxylation sites is 1. The maximum absolute atomic E-state index is 5.75. The van der Waals surface area contributed by atoms with Crippen LogP contribution in [0.25, 0.3) is 0 Å². The average Bonchev–Trinajstić information content (AvgIpc) is 2.53. The lowest BCUT2D eigenvalue weighted by Gasteiger charge is -2.13. The summed E-state index contributed by atoms with van der Waals surface area (Å²) >= 11 is 0. The number of guanidine groups is 1. The number of aryl methyl sites for hydroxylation is 1. The molecule has 0 aromatic heterocycles. The largest absolute Gasteiger partial charge is 0.491 e. The van der Waals surface area contributed by atoms with E-state index in [0.717, 1.165) is 43.5 Å². The first kappa shape index (κ1) is 19.3. The lowest BCUT2D eigenvalue weighted by Crippen LogP contribution is -2.39. The molecule has 0 aliphatic carbocycles. The van der Waals surface area contributed by atoms with Gasteiger partial charge in [0.25, 0.3) is 0 Å². The van der Waals surface area contributed by atoms with Crippen molar-refractivity contribution >= 4 is 5.96 Å². The maximum atomic E-state index is 5.75. The number of nitrogens with one attached hydrogen (secondary N) is 2. The van der Waals surface area contributed by atoms with Crippen molar-refractivity contribution in [2.24, 2.45) is 10.9 Å². The van der Waals surface area contributed by atoms with E-state index in [1.807, 2.05) is 31.2 Å². The highest BCUT2D eigenvalue weighted by atomic mass is 16.5. The molecule has 130 valence electrons. The van der Waals surface area contributed by atoms with Crippen LogP contribution in [-0.4, -0.2) is 45.9 Å². The molecular weight excluding hydrogens is 290 g/mol. The summed E-state index contributed by atoms with van der Waals surface area (Å²) in [6, 6.07) is 8.03. The Morgan fingerprint density at radius 3 is 2.57 bits per heavy atom. The first-order chi connectivity index (χ1) is 11.1. The Morgan fingerprint density at radius 1 is 1.13 bits per heavy atom. The third-order valence-electron chi connectivity index (χ3n) is 3.18. The van der Waals surface area contributed by atoms with Crippen LogP contribution < -0.4 is 15.4 Å². The summed E-state index contributed by atoms with van der Waals surface area (Å²) < 4.78 is 11.3. The highest BCUT2D eigenvalue weighted by Crippen LogP contribution is 2.15. The van der Waals surface area contributed by atoms with Crippen molar-refractivity contribution < 1.29 is 9.47 Å². The van der Waals surface area contributed by atoms with E-state index in [2.05, 4.69) is 29.5 Å². The molecule has 0 aliphatic rings. The second-order valence-corrected chi connectivity index (χ2v) is 5.86. The van der Waals surface area contributed by atoms with Crippen molar-refractivity contribution in [3.05, 3.63) is 29.8 Å². The molecule has 1 rings (SSSR count). The highest BCUT2D eigenvalue weighted by Gasteiger charge is 2.00. The molecule has 0 atom stereocenters. The zero-order valence-corrected chi connectivity index (χ0v) is 14.9. The van der Waals surface area contributed by atoms with E-state index in [0.29, 0.717) is 19.1 Å². The number of hydrogen-bond acceptors (Lipinski definition) is 3. The van der Waals surface area contributed by atoms with Crippen molar-refractivity contribution in [3.8, 4) is 5.75 Å². The fraction of sp³-hybridized carbons (Fsp3) is 0.611. The fourth-order valence-electron chi connectivity index (χ4n) is 1.97. The molecule has 0 radical (unpaired) electrons. The van der Waals surface area contributed by atoms with Crippen LogP contribution >= 0.6 is 0 Å². The minimum atomic E-state index is 0.589. The maximum Gasteiger partial charge on any atom is 0.191 e. The average molecular weight is 321 g/mol. The van der Waals surface area contributed by atoms with E-state index in [1.54, 1.807) is 7.05 Å². The van der Waals surface area contributed by atoms with Crippen LogP contribution in [0.15, 0.2) is 29.3 Å². The first-order valence-corrected chi connectivity index (χ1v) is 8.34. The third kappa shape index (κ3) is 9.08. The minimum absolute atomic E-state index is 0.589. The number of nitrogens with zero attached hydrogens (tertiary/aromatic N) is 1. The Bertz CT molecular complexity index is 461. The zero-order chi connectivity index (χ0) is 16.9. The van der Waals surface area contributed by atoms with Gasteiger partial charge in [0.1, 0.15) is 12.4 Å². The molecule has 5 heteroatoms. The van der Waals surface area contributed by atoms with Gasteiger partial charge in [0.2, 0.25) is 0 Å². The van der Waals surface area contributed by atoms with Gasteiger partial charge in [-0.2, -0.15) is 0 Å². The van der Waals surface area contributed by atoms with E-state index in [9.17, 15) is 0 Å². The second kappa shape index (κ2) is 11.8. The van der Waals surface area contributed by atoms with Gasteiger partial charge in [0.15, 0.2) is 5.96 Å². The molecule has 0 saturated heterocycles. The normalized spacial score (nSPS) is 11.6. The van der Waals surface area contributed by atoms with Crippen LogP contribution in [0.1, 0.15) is 25.8 Å². The summed E-state index contributed by atoms with van der Waals surface area (Å²) in [5.41, 5.74) is 1.15. The molecule has 0 unspecified atom stereocenters.